The van der Waals surface area contributed by atoms with Crippen molar-refractivity contribution in [3.63, 3.8) is 0 Å². The van der Waals surface area contributed by atoms with Gasteiger partial charge in [-0.25, -0.2) is 0 Å². The molecule has 1 saturated heterocycles. The highest BCUT2D eigenvalue weighted by Crippen LogP contribution is 2.37. The van der Waals surface area contributed by atoms with Crippen LogP contribution in [0.4, 0.5) is 0 Å². The molecule has 2 fully saturated rings. The van der Waals surface area contributed by atoms with Crippen LogP contribution in [0.15, 0.2) is 18.2 Å². The van der Waals surface area contributed by atoms with Crippen molar-refractivity contribution >= 4 is 17.5 Å². The second-order valence-corrected chi connectivity index (χ2v) is 7.98. The fourth-order valence-electron chi connectivity index (χ4n) is 4.54. The van der Waals surface area contributed by atoms with Crippen LogP contribution in [0.5, 0.6) is 5.75 Å². The second-order valence-electron chi connectivity index (χ2n) is 7.55. The monoisotopic (exact) mass is 364 g/mol. The van der Waals surface area contributed by atoms with Crippen molar-refractivity contribution in [3.8, 4) is 5.75 Å². The highest BCUT2D eigenvalue weighted by molar-refractivity contribution is 6.31. The van der Waals surface area contributed by atoms with E-state index in [0.717, 1.165) is 24.9 Å². The highest BCUT2D eigenvalue weighted by Gasteiger charge is 2.36. The smallest absolute Gasteiger partial charge is 0.255 e. The Morgan fingerprint density at radius 1 is 1.28 bits per heavy atom. The Morgan fingerprint density at radius 3 is 2.92 bits per heavy atom. The lowest BCUT2D eigenvalue weighted by Crippen LogP contribution is -2.51. The van der Waals surface area contributed by atoms with E-state index in [0.29, 0.717) is 17.6 Å². The van der Waals surface area contributed by atoms with Gasteiger partial charge in [-0.15, -0.1) is 0 Å². The van der Waals surface area contributed by atoms with Crippen molar-refractivity contribution in [1.29, 1.82) is 0 Å². The van der Waals surface area contributed by atoms with E-state index >= 15 is 0 Å². The maximum absolute atomic E-state index is 12.2. The fourth-order valence-corrected chi connectivity index (χ4v) is 4.72. The van der Waals surface area contributed by atoms with Gasteiger partial charge < -0.3 is 10.4 Å². The molecular weight excluding hydrogens is 336 g/mol. The number of phenols is 1. The molecule has 5 heteroatoms. The van der Waals surface area contributed by atoms with E-state index < -0.39 is 0 Å². The van der Waals surface area contributed by atoms with Crippen molar-refractivity contribution in [2.75, 3.05) is 13.1 Å². The number of phenolic OH excluding ortho intramolecular Hbond substituents is 1. The van der Waals surface area contributed by atoms with E-state index in [4.69, 9.17) is 11.6 Å². The van der Waals surface area contributed by atoms with E-state index in [2.05, 4.69) is 17.1 Å². The third kappa shape index (κ3) is 4.48. The summed E-state index contributed by atoms with van der Waals surface area (Å²) in [4.78, 5) is 14.9. The topological polar surface area (TPSA) is 52.6 Å². The molecule has 3 rings (SSSR count). The summed E-state index contributed by atoms with van der Waals surface area (Å²) < 4.78 is 0. The standard InChI is InChI=1S/C20H29ClN2O2/c1-14-7-8-15-5-2-3-6-18(15)23(14)12-4-11-22-20(25)17-13-16(21)9-10-19(17)24/h9-10,13-15,18,24H,2-8,11-12H2,1H3,(H,22,25)/t14-,15+,18+/m1/s1. The van der Waals surface area contributed by atoms with Crippen molar-refractivity contribution in [1.82, 2.24) is 10.2 Å². The van der Waals surface area contributed by atoms with Crippen LogP contribution in [0.1, 0.15) is 62.2 Å². The minimum atomic E-state index is -0.262. The molecule has 4 nitrogen and oxygen atoms in total. The fraction of sp³-hybridized carbons (Fsp3) is 0.650. The Bertz CT molecular complexity index is 607. The number of hydrogen-bond donors (Lipinski definition) is 2. The first-order valence-electron chi connectivity index (χ1n) is 9.58. The van der Waals surface area contributed by atoms with Crippen molar-refractivity contribution in [2.45, 2.75) is 64.0 Å². The molecule has 1 saturated carbocycles. The zero-order valence-corrected chi connectivity index (χ0v) is 15.8. The van der Waals surface area contributed by atoms with Gasteiger partial charge in [0, 0.05) is 30.2 Å². The number of carbonyl (C=O) groups excluding carboxylic acids is 1. The number of fused-ring (bicyclic) bond motifs is 1. The van der Waals surface area contributed by atoms with Crippen LogP contribution in [0.3, 0.4) is 0 Å². The lowest BCUT2D eigenvalue weighted by atomic mass is 9.76. The molecule has 1 aromatic rings. The maximum atomic E-state index is 12.2. The number of nitrogens with zero attached hydrogens (tertiary/aromatic N) is 1. The Hall–Kier alpha value is -1.26. The molecule has 0 spiro atoms. The molecule has 0 radical (unpaired) electrons. The number of piperidine rings is 1. The van der Waals surface area contributed by atoms with Crippen LogP contribution in [-0.2, 0) is 0 Å². The summed E-state index contributed by atoms with van der Waals surface area (Å²) in [5.41, 5.74) is 0.242. The van der Waals surface area contributed by atoms with Gasteiger partial charge in [0.1, 0.15) is 5.75 Å². The number of carbonyl (C=O) groups is 1. The number of aromatic hydroxyl groups is 1. The number of hydrogen-bond acceptors (Lipinski definition) is 3. The van der Waals surface area contributed by atoms with Gasteiger partial charge in [0.2, 0.25) is 0 Å². The lowest BCUT2D eigenvalue weighted by molar-refractivity contribution is 0.0215. The summed E-state index contributed by atoms with van der Waals surface area (Å²) in [5.74, 6) is 0.585. The number of halogens is 1. The van der Waals surface area contributed by atoms with E-state index in [1.807, 2.05) is 0 Å². The largest absolute Gasteiger partial charge is 0.507 e. The summed E-state index contributed by atoms with van der Waals surface area (Å²) in [6.07, 6.45) is 9.08. The van der Waals surface area contributed by atoms with Crippen LogP contribution in [-0.4, -0.2) is 41.1 Å². The van der Waals surface area contributed by atoms with Gasteiger partial charge in [-0.3, -0.25) is 9.69 Å². The summed E-state index contributed by atoms with van der Waals surface area (Å²) in [6.45, 7) is 3.99. The first-order chi connectivity index (χ1) is 12.1. The number of likely N-dealkylation sites (tertiary alicyclic amines) is 1. The second kappa shape index (κ2) is 8.41. The molecule has 1 heterocycles. The van der Waals surface area contributed by atoms with Gasteiger partial charge in [-0.05, 0) is 63.1 Å². The molecule has 2 N–H and O–H groups in total. The zero-order chi connectivity index (χ0) is 17.8. The number of nitrogens with one attached hydrogen (secondary N) is 1. The van der Waals surface area contributed by atoms with Gasteiger partial charge >= 0.3 is 0 Å². The molecular formula is C20H29ClN2O2. The Balaban J connectivity index is 1.48. The molecule has 2 aliphatic rings. The average Bonchev–Trinajstić information content (AvgIpc) is 2.62. The van der Waals surface area contributed by atoms with E-state index in [9.17, 15) is 9.90 Å². The van der Waals surface area contributed by atoms with Gasteiger partial charge in [0.05, 0.1) is 5.56 Å². The third-order valence-electron chi connectivity index (χ3n) is 5.90. The molecule has 0 unspecified atom stereocenters. The van der Waals surface area contributed by atoms with Crippen LogP contribution in [0.25, 0.3) is 0 Å². The normalized spacial score (nSPS) is 26.9. The molecule has 1 aromatic carbocycles. The van der Waals surface area contributed by atoms with Crippen molar-refractivity contribution < 1.29 is 9.90 Å². The quantitative estimate of drug-likeness (QED) is 0.769. The van der Waals surface area contributed by atoms with Crippen LogP contribution < -0.4 is 5.32 Å². The van der Waals surface area contributed by atoms with Crippen molar-refractivity contribution in [3.05, 3.63) is 28.8 Å². The minimum absolute atomic E-state index is 0.0309. The molecule has 0 aromatic heterocycles. The molecule has 1 aliphatic heterocycles. The van der Waals surface area contributed by atoms with Gasteiger partial charge in [-0.2, -0.15) is 0 Å². The molecule has 25 heavy (non-hydrogen) atoms. The van der Waals surface area contributed by atoms with Crippen molar-refractivity contribution in [2.24, 2.45) is 5.92 Å². The molecule has 1 aliphatic carbocycles. The number of rotatable bonds is 5. The van der Waals surface area contributed by atoms with Crippen LogP contribution in [0.2, 0.25) is 5.02 Å². The van der Waals surface area contributed by atoms with Gasteiger partial charge in [0.25, 0.3) is 5.91 Å². The van der Waals surface area contributed by atoms with E-state index in [1.165, 1.54) is 50.7 Å². The summed E-state index contributed by atoms with van der Waals surface area (Å²) >= 11 is 5.91. The number of benzene rings is 1. The van der Waals surface area contributed by atoms with Gasteiger partial charge in [0.15, 0.2) is 0 Å². The van der Waals surface area contributed by atoms with E-state index in [1.54, 1.807) is 6.07 Å². The summed E-state index contributed by atoms with van der Waals surface area (Å²) in [5, 5.41) is 13.2. The average molecular weight is 365 g/mol. The Morgan fingerprint density at radius 2 is 2.08 bits per heavy atom. The molecule has 0 bridgehead atoms. The van der Waals surface area contributed by atoms with Crippen LogP contribution >= 0.6 is 11.6 Å². The minimum Gasteiger partial charge on any atom is -0.507 e. The summed E-state index contributed by atoms with van der Waals surface area (Å²) in [7, 11) is 0. The van der Waals surface area contributed by atoms with E-state index in [-0.39, 0.29) is 17.2 Å². The predicted octanol–water partition coefficient (Wildman–Crippen LogP) is 4.21. The van der Waals surface area contributed by atoms with Gasteiger partial charge in [-0.1, -0.05) is 24.4 Å². The summed E-state index contributed by atoms with van der Waals surface area (Å²) in [6, 6.07) is 5.92. The number of amides is 1. The molecule has 1 amide bonds. The van der Waals surface area contributed by atoms with Crippen LogP contribution in [0, 0.1) is 5.92 Å². The third-order valence-corrected chi connectivity index (χ3v) is 6.13. The zero-order valence-electron chi connectivity index (χ0n) is 15.0. The Kier molecular flexibility index (Phi) is 6.24. The SMILES string of the molecule is C[C@@H]1CC[C@@H]2CCCC[C@@H]2N1CCCNC(=O)c1cc(Cl)ccc1O. The highest BCUT2D eigenvalue weighted by atomic mass is 35.5. The molecule has 138 valence electrons. The maximum Gasteiger partial charge on any atom is 0.255 e. The first kappa shape index (κ1) is 18.5. The first-order valence-corrected chi connectivity index (χ1v) is 9.96. The Labute approximate surface area is 155 Å². The lowest BCUT2D eigenvalue weighted by Gasteiger charge is -2.48. The molecule has 3 atom stereocenters. The predicted molar refractivity (Wildman–Crippen MR) is 101 cm³/mol.